The molecule has 7 nitrogen and oxygen atoms in total. The number of carbonyl (C=O) groups is 1. The van der Waals surface area contributed by atoms with Crippen LogP contribution in [0, 0.1) is 6.54 Å². The van der Waals surface area contributed by atoms with E-state index in [0.29, 0.717) is 19.6 Å². The number of aromatic hydroxyl groups is 1. The molecule has 0 saturated carbocycles. The van der Waals surface area contributed by atoms with Crippen molar-refractivity contribution >= 4 is 17.6 Å². The Hall–Kier alpha value is -2.44. The first-order chi connectivity index (χ1) is 10.7. The van der Waals surface area contributed by atoms with E-state index in [9.17, 15) is 9.90 Å². The Morgan fingerprint density at radius 1 is 1.36 bits per heavy atom. The van der Waals surface area contributed by atoms with Gasteiger partial charge >= 0.3 is 0 Å². The quantitative estimate of drug-likeness (QED) is 0.510. The highest BCUT2D eigenvalue weighted by atomic mass is 16.3. The van der Waals surface area contributed by atoms with Crippen LogP contribution in [0.15, 0.2) is 23.2 Å². The first-order valence-corrected chi connectivity index (χ1v) is 7.42. The van der Waals surface area contributed by atoms with Crippen molar-refractivity contribution in [2.45, 2.75) is 6.42 Å². The van der Waals surface area contributed by atoms with Gasteiger partial charge in [-0.2, -0.15) is 0 Å². The number of rotatable bonds is 1. The van der Waals surface area contributed by atoms with E-state index in [-0.39, 0.29) is 22.9 Å². The summed E-state index contributed by atoms with van der Waals surface area (Å²) >= 11 is 0. The van der Waals surface area contributed by atoms with Crippen LogP contribution in [0.25, 0.3) is 0 Å². The van der Waals surface area contributed by atoms with Gasteiger partial charge in [-0.3, -0.25) is 9.79 Å². The van der Waals surface area contributed by atoms with E-state index in [1.807, 2.05) is 6.54 Å². The van der Waals surface area contributed by atoms with Crippen LogP contribution >= 0.6 is 0 Å². The number of hydrogen-bond acceptors (Lipinski definition) is 6. The molecule has 1 fully saturated rings. The number of nitrogens with one attached hydrogen (secondary N) is 1. The molecule has 1 aromatic rings. The summed E-state index contributed by atoms with van der Waals surface area (Å²) in [5.41, 5.74) is 6.09. The summed E-state index contributed by atoms with van der Waals surface area (Å²) in [6, 6.07) is 4.82. The number of benzene rings is 1. The van der Waals surface area contributed by atoms with Crippen molar-refractivity contribution in [3.05, 3.63) is 30.3 Å². The minimum Gasteiger partial charge on any atom is -0.505 e. The van der Waals surface area contributed by atoms with Crippen LogP contribution < -0.4 is 11.1 Å². The number of para-hydroxylation sites is 1. The monoisotopic (exact) mass is 302 g/mol. The number of nitrogens with zero attached hydrogens (tertiary/aromatic N) is 3. The molecule has 2 aliphatic rings. The van der Waals surface area contributed by atoms with E-state index >= 15 is 0 Å². The minimum absolute atomic E-state index is 0.151. The molecule has 0 bridgehead atoms. The molecule has 0 aliphatic carbocycles. The summed E-state index contributed by atoms with van der Waals surface area (Å²) in [6.07, 6.45) is 1.06. The molecule has 1 aromatic carbocycles. The second kappa shape index (κ2) is 6.13. The fraction of sp³-hybridized carbons (Fsp3) is 0.400. The Bertz CT molecular complexity index is 594. The van der Waals surface area contributed by atoms with Gasteiger partial charge in [0.1, 0.15) is 0 Å². The predicted octanol–water partition coefficient (Wildman–Crippen LogP) is 0.243. The zero-order chi connectivity index (χ0) is 15.5. The Morgan fingerprint density at radius 3 is 2.91 bits per heavy atom. The maximum absolute atomic E-state index is 12.5. The number of guanidine groups is 1. The van der Waals surface area contributed by atoms with E-state index in [1.54, 1.807) is 23.1 Å². The molecule has 117 valence electrons. The molecule has 0 atom stereocenters. The third-order valence-electron chi connectivity index (χ3n) is 3.87. The van der Waals surface area contributed by atoms with Crippen LogP contribution in [0.4, 0.5) is 5.69 Å². The molecule has 1 radical (unpaired) electrons. The molecular weight excluding hydrogens is 282 g/mol. The average molecular weight is 302 g/mol. The molecule has 0 unspecified atom stereocenters. The summed E-state index contributed by atoms with van der Waals surface area (Å²) < 4.78 is 0. The molecule has 2 heterocycles. The van der Waals surface area contributed by atoms with Gasteiger partial charge in [0.05, 0.1) is 17.8 Å². The Labute approximate surface area is 129 Å². The lowest BCUT2D eigenvalue weighted by atomic mass is 10.1. The number of piperazine rings is 1. The summed E-state index contributed by atoms with van der Waals surface area (Å²) in [5, 5.41) is 13.2. The number of nitrogen functional groups attached to an aromatic ring is 1. The Balaban J connectivity index is 1.64. The number of phenolic OH excluding ortho intramolecular Hbond substituents is 1. The van der Waals surface area contributed by atoms with Gasteiger partial charge < -0.3 is 26.0 Å². The number of amides is 1. The highest BCUT2D eigenvalue weighted by molar-refractivity contribution is 5.99. The second-order valence-corrected chi connectivity index (χ2v) is 5.36. The summed E-state index contributed by atoms with van der Waals surface area (Å²) in [5.74, 6) is 0.519. The molecule has 7 heteroatoms. The summed E-state index contributed by atoms with van der Waals surface area (Å²) in [7, 11) is 0. The molecule has 22 heavy (non-hydrogen) atoms. The smallest absolute Gasteiger partial charge is 0.258 e. The molecule has 0 aromatic heterocycles. The lowest BCUT2D eigenvalue weighted by Crippen LogP contribution is -2.52. The molecule has 0 spiro atoms. The number of phenols is 1. The predicted molar refractivity (Wildman–Crippen MR) is 84.4 cm³/mol. The molecule has 1 saturated heterocycles. The number of nitrogens with two attached hydrogens (primary N) is 1. The van der Waals surface area contributed by atoms with E-state index in [2.05, 4.69) is 15.2 Å². The normalized spacial score (nSPS) is 18.6. The largest absolute Gasteiger partial charge is 0.505 e. The molecule has 4 N–H and O–H groups in total. The van der Waals surface area contributed by atoms with Crippen molar-refractivity contribution in [2.24, 2.45) is 4.99 Å². The highest BCUT2D eigenvalue weighted by Gasteiger charge is 2.26. The maximum atomic E-state index is 12.5. The van der Waals surface area contributed by atoms with Gasteiger partial charge in [-0.25, -0.2) is 0 Å². The first kappa shape index (κ1) is 14.5. The van der Waals surface area contributed by atoms with E-state index < -0.39 is 0 Å². The van der Waals surface area contributed by atoms with Crippen molar-refractivity contribution in [1.29, 1.82) is 0 Å². The third kappa shape index (κ3) is 2.79. The van der Waals surface area contributed by atoms with Gasteiger partial charge in [-0.05, 0) is 18.6 Å². The Kier molecular flexibility index (Phi) is 4.04. The van der Waals surface area contributed by atoms with Crippen molar-refractivity contribution in [2.75, 3.05) is 38.5 Å². The number of hydrogen-bond donors (Lipinski definition) is 3. The first-order valence-electron chi connectivity index (χ1n) is 7.42. The standard InChI is InChI=1S/C15H20N5O2/c16-12-4-1-3-11(13(12)21)14(22)19-7-9-20(10-8-19)15-17-5-2-6-18-15/h1,3-4,7,21H,2,5-6,8-10,16H2,(H,17,18). The number of aliphatic imine (C=N–C) groups is 1. The number of anilines is 1. The fourth-order valence-corrected chi connectivity index (χ4v) is 2.61. The lowest BCUT2D eigenvalue weighted by molar-refractivity contribution is 0.0748. The van der Waals surface area contributed by atoms with E-state index in [1.165, 1.54) is 0 Å². The molecule has 2 aliphatic heterocycles. The van der Waals surface area contributed by atoms with Crippen LogP contribution in [0.5, 0.6) is 5.75 Å². The summed E-state index contributed by atoms with van der Waals surface area (Å²) in [4.78, 5) is 20.7. The minimum atomic E-state index is -0.233. The topological polar surface area (TPSA) is 94.2 Å². The zero-order valence-corrected chi connectivity index (χ0v) is 12.3. The van der Waals surface area contributed by atoms with E-state index in [0.717, 1.165) is 25.5 Å². The third-order valence-corrected chi connectivity index (χ3v) is 3.87. The van der Waals surface area contributed by atoms with Gasteiger partial charge in [0.25, 0.3) is 5.91 Å². The van der Waals surface area contributed by atoms with Gasteiger partial charge in [-0.1, -0.05) is 6.07 Å². The van der Waals surface area contributed by atoms with Crippen LogP contribution in [-0.4, -0.2) is 59.5 Å². The average Bonchev–Trinajstić information content (AvgIpc) is 2.58. The molecular formula is C15H20N5O2. The van der Waals surface area contributed by atoms with Crippen molar-refractivity contribution in [3.63, 3.8) is 0 Å². The van der Waals surface area contributed by atoms with Crippen LogP contribution in [0.3, 0.4) is 0 Å². The van der Waals surface area contributed by atoms with Gasteiger partial charge in [0, 0.05) is 32.7 Å². The zero-order valence-electron chi connectivity index (χ0n) is 12.3. The van der Waals surface area contributed by atoms with E-state index in [4.69, 9.17) is 5.73 Å². The Morgan fingerprint density at radius 2 is 2.23 bits per heavy atom. The fourth-order valence-electron chi connectivity index (χ4n) is 2.61. The van der Waals surface area contributed by atoms with Crippen molar-refractivity contribution in [1.82, 2.24) is 15.1 Å². The number of carbonyl (C=O) groups excluding carboxylic acids is 1. The SMILES string of the molecule is Nc1cccc(C(=O)N2[CH]CN(C3=NCCCN3)CC2)c1O. The van der Waals surface area contributed by atoms with Crippen molar-refractivity contribution < 1.29 is 9.90 Å². The van der Waals surface area contributed by atoms with Gasteiger partial charge in [0.15, 0.2) is 11.7 Å². The summed E-state index contributed by atoms with van der Waals surface area (Å²) in [6.45, 7) is 5.48. The van der Waals surface area contributed by atoms with Crippen LogP contribution in [-0.2, 0) is 0 Å². The lowest BCUT2D eigenvalue weighted by Gasteiger charge is -2.37. The van der Waals surface area contributed by atoms with Crippen molar-refractivity contribution in [3.8, 4) is 5.75 Å². The van der Waals surface area contributed by atoms with Gasteiger partial charge in [-0.15, -0.1) is 0 Å². The van der Waals surface area contributed by atoms with Crippen LogP contribution in [0.2, 0.25) is 0 Å². The highest BCUT2D eigenvalue weighted by Crippen LogP contribution is 2.26. The maximum Gasteiger partial charge on any atom is 0.258 e. The van der Waals surface area contributed by atoms with Crippen LogP contribution in [0.1, 0.15) is 16.8 Å². The second-order valence-electron chi connectivity index (χ2n) is 5.36. The molecule has 1 amide bonds. The van der Waals surface area contributed by atoms with Gasteiger partial charge in [0.2, 0.25) is 0 Å². The molecule has 3 rings (SSSR count).